The first-order valence-electron chi connectivity index (χ1n) is 9.78. The zero-order valence-electron chi connectivity index (χ0n) is 17.2. The monoisotopic (exact) mass is 425 g/mol. The molecule has 1 atom stereocenters. The van der Waals surface area contributed by atoms with E-state index < -0.39 is 9.84 Å². The third-order valence-corrected chi connectivity index (χ3v) is 6.64. The second kappa shape index (κ2) is 7.71. The fourth-order valence-electron chi connectivity index (χ4n) is 3.85. The van der Waals surface area contributed by atoms with Crippen molar-refractivity contribution in [2.75, 3.05) is 19.3 Å². The van der Waals surface area contributed by atoms with Gasteiger partial charge in [0.15, 0.2) is 9.84 Å². The molecule has 4 rings (SSSR count). The number of hydrogen-bond acceptors (Lipinski definition) is 7. The van der Waals surface area contributed by atoms with E-state index in [1.54, 1.807) is 17.0 Å². The quantitative estimate of drug-likeness (QED) is 0.634. The number of nitrogens with zero attached hydrogens (tertiary/aromatic N) is 5. The normalized spacial score (nSPS) is 17.3. The van der Waals surface area contributed by atoms with Crippen molar-refractivity contribution in [3.63, 3.8) is 0 Å². The van der Waals surface area contributed by atoms with Crippen molar-refractivity contribution < 1.29 is 13.2 Å². The summed E-state index contributed by atoms with van der Waals surface area (Å²) >= 11 is 0. The number of sulfone groups is 1. The van der Waals surface area contributed by atoms with E-state index in [2.05, 4.69) is 19.9 Å². The zero-order valence-corrected chi connectivity index (χ0v) is 18.0. The van der Waals surface area contributed by atoms with Gasteiger partial charge in [-0.15, -0.1) is 0 Å². The van der Waals surface area contributed by atoms with Gasteiger partial charge in [-0.05, 0) is 44.9 Å². The summed E-state index contributed by atoms with van der Waals surface area (Å²) < 4.78 is 24.3. The van der Waals surface area contributed by atoms with E-state index >= 15 is 0 Å². The summed E-state index contributed by atoms with van der Waals surface area (Å²) in [6.45, 7) is 4.83. The molecule has 9 heteroatoms. The third kappa shape index (κ3) is 3.89. The number of carbonyl (C=O) groups excluding carboxylic acids is 1. The van der Waals surface area contributed by atoms with Crippen molar-refractivity contribution in [1.82, 2.24) is 24.8 Å². The van der Waals surface area contributed by atoms with Crippen molar-refractivity contribution in [1.29, 1.82) is 0 Å². The molecule has 1 fully saturated rings. The van der Waals surface area contributed by atoms with Gasteiger partial charge in [-0.3, -0.25) is 4.79 Å². The number of aromatic nitrogens is 4. The highest BCUT2D eigenvalue weighted by atomic mass is 32.2. The average molecular weight is 426 g/mol. The van der Waals surface area contributed by atoms with E-state index in [9.17, 15) is 13.2 Å². The molecular weight excluding hydrogens is 402 g/mol. The lowest BCUT2D eigenvalue weighted by atomic mass is 9.94. The van der Waals surface area contributed by atoms with E-state index in [-0.39, 0.29) is 16.7 Å². The Morgan fingerprint density at radius 3 is 2.60 bits per heavy atom. The molecule has 0 radical (unpaired) electrons. The number of benzene rings is 1. The highest BCUT2D eigenvalue weighted by Crippen LogP contribution is 2.30. The molecule has 8 nitrogen and oxygen atoms in total. The molecule has 1 aromatic carbocycles. The average Bonchev–Trinajstić information content (AvgIpc) is 2.73. The molecule has 0 unspecified atom stereocenters. The number of hydrogen-bond donors (Lipinski definition) is 0. The Morgan fingerprint density at radius 2 is 1.87 bits per heavy atom. The summed E-state index contributed by atoms with van der Waals surface area (Å²) in [6.07, 6.45) is 5.39. The Kier molecular flexibility index (Phi) is 5.23. The van der Waals surface area contributed by atoms with Crippen LogP contribution >= 0.6 is 0 Å². The summed E-state index contributed by atoms with van der Waals surface area (Å²) in [6, 6.07) is 5.35. The standard InChI is InChI=1S/C21H23N5O3S/c1-13-14(2)25-18-9-15(6-7-17(18)24-13)21(27)26-8-4-5-16(11-26)20-19(30(3,28)29)10-22-12-23-20/h6-7,9-10,12,16H,4-5,8,11H2,1-3H3/t16-/m1/s1. The number of aryl methyl sites for hydroxylation is 2. The molecule has 1 amide bonds. The molecule has 0 bridgehead atoms. The molecular formula is C21H23N5O3S. The molecule has 1 aliphatic heterocycles. The lowest BCUT2D eigenvalue weighted by molar-refractivity contribution is 0.0705. The maximum absolute atomic E-state index is 13.2. The third-order valence-electron chi connectivity index (χ3n) is 5.52. The zero-order chi connectivity index (χ0) is 21.5. The van der Waals surface area contributed by atoms with Gasteiger partial charge in [-0.2, -0.15) is 0 Å². The second-order valence-corrected chi connectivity index (χ2v) is 9.72. The van der Waals surface area contributed by atoms with E-state index in [1.165, 1.54) is 12.5 Å². The van der Waals surface area contributed by atoms with Gasteiger partial charge >= 0.3 is 0 Å². The SMILES string of the molecule is Cc1nc2ccc(C(=O)N3CCC[C@@H](c4ncncc4S(C)(=O)=O)C3)cc2nc1C. The largest absolute Gasteiger partial charge is 0.338 e. The smallest absolute Gasteiger partial charge is 0.253 e. The van der Waals surface area contributed by atoms with Crippen LogP contribution in [0.25, 0.3) is 11.0 Å². The van der Waals surface area contributed by atoms with Crippen LogP contribution in [0.3, 0.4) is 0 Å². The molecule has 30 heavy (non-hydrogen) atoms. The topological polar surface area (TPSA) is 106 Å². The number of likely N-dealkylation sites (tertiary alicyclic amines) is 1. The minimum absolute atomic E-state index is 0.100. The van der Waals surface area contributed by atoms with Crippen LogP contribution in [0, 0.1) is 13.8 Å². The first-order valence-corrected chi connectivity index (χ1v) is 11.7. The van der Waals surface area contributed by atoms with E-state index in [1.807, 2.05) is 19.9 Å². The first-order chi connectivity index (χ1) is 14.2. The van der Waals surface area contributed by atoms with E-state index in [0.717, 1.165) is 36.0 Å². The van der Waals surface area contributed by atoms with Crippen LogP contribution in [0.2, 0.25) is 0 Å². The lowest BCUT2D eigenvalue weighted by Gasteiger charge is -2.33. The molecule has 0 spiro atoms. The molecule has 2 aromatic heterocycles. The summed E-state index contributed by atoms with van der Waals surface area (Å²) in [7, 11) is -3.45. The van der Waals surface area contributed by atoms with Crippen LogP contribution in [0.5, 0.6) is 0 Å². The Bertz CT molecular complexity index is 1240. The van der Waals surface area contributed by atoms with Gasteiger partial charge in [0, 0.05) is 37.0 Å². The van der Waals surface area contributed by atoms with Gasteiger partial charge in [0.2, 0.25) is 0 Å². The maximum Gasteiger partial charge on any atom is 0.253 e. The summed E-state index contributed by atoms with van der Waals surface area (Å²) in [5.41, 5.74) is 4.18. The summed E-state index contributed by atoms with van der Waals surface area (Å²) in [5.74, 6) is -0.253. The van der Waals surface area contributed by atoms with Crippen molar-refractivity contribution in [2.45, 2.75) is 37.5 Å². The van der Waals surface area contributed by atoms with Gasteiger partial charge in [-0.1, -0.05) is 0 Å². The van der Waals surface area contributed by atoms with Crippen LogP contribution in [-0.2, 0) is 9.84 Å². The van der Waals surface area contributed by atoms with Crippen molar-refractivity contribution in [2.24, 2.45) is 0 Å². The van der Waals surface area contributed by atoms with Crippen LogP contribution in [-0.4, -0.2) is 58.5 Å². The van der Waals surface area contributed by atoms with Gasteiger partial charge < -0.3 is 4.90 Å². The van der Waals surface area contributed by atoms with Crippen LogP contribution in [0.1, 0.15) is 46.2 Å². The van der Waals surface area contributed by atoms with Gasteiger partial charge in [0.25, 0.3) is 5.91 Å². The fourth-order valence-corrected chi connectivity index (χ4v) is 4.70. The molecule has 156 valence electrons. The van der Waals surface area contributed by atoms with Gasteiger partial charge in [0.1, 0.15) is 11.2 Å². The molecule has 3 heterocycles. The van der Waals surface area contributed by atoms with Crippen LogP contribution in [0.4, 0.5) is 0 Å². The predicted molar refractivity (Wildman–Crippen MR) is 112 cm³/mol. The van der Waals surface area contributed by atoms with E-state index in [4.69, 9.17) is 0 Å². The Morgan fingerprint density at radius 1 is 1.13 bits per heavy atom. The number of amides is 1. The minimum atomic E-state index is -3.45. The molecule has 0 aliphatic carbocycles. The van der Waals surface area contributed by atoms with Gasteiger partial charge in [0.05, 0.1) is 28.1 Å². The number of carbonyl (C=O) groups is 1. The number of rotatable bonds is 3. The Balaban J connectivity index is 1.62. The van der Waals surface area contributed by atoms with Crippen molar-refractivity contribution >= 4 is 26.8 Å². The van der Waals surface area contributed by atoms with Crippen molar-refractivity contribution in [3.8, 4) is 0 Å². The number of piperidine rings is 1. The first kappa shape index (κ1) is 20.3. The highest BCUT2D eigenvalue weighted by Gasteiger charge is 2.30. The Hall–Kier alpha value is -2.94. The summed E-state index contributed by atoms with van der Waals surface area (Å²) in [4.78, 5) is 32.3. The van der Waals surface area contributed by atoms with Crippen molar-refractivity contribution in [3.05, 3.63) is 53.4 Å². The maximum atomic E-state index is 13.2. The molecule has 0 saturated carbocycles. The van der Waals surface area contributed by atoms with Crippen LogP contribution in [0.15, 0.2) is 35.6 Å². The van der Waals surface area contributed by atoms with Gasteiger partial charge in [-0.25, -0.2) is 28.4 Å². The van der Waals surface area contributed by atoms with Crippen LogP contribution < -0.4 is 0 Å². The lowest BCUT2D eigenvalue weighted by Crippen LogP contribution is -2.39. The molecule has 0 N–H and O–H groups in total. The number of fused-ring (bicyclic) bond motifs is 1. The highest BCUT2D eigenvalue weighted by molar-refractivity contribution is 7.90. The molecule has 1 saturated heterocycles. The molecule has 3 aromatic rings. The fraction of sp³-hybridized carbons (Fsp3) is 0.381. The minimum Gasteiger partial charge on any atom is -0.338 e. The predicted octanol–water partition coefficient (Wildman–Crippen LogP) is 2.46. The second-order valence-electron chi connectivity index (χ2n) is 7.73. The summed E-state index contributed by atoms with van der Waals surface area (Å²) in [5, 5.41) is 0. The molecule has 1 aliphatic rings. The Labute approximate surface area is 175 Å². The van der Waals surface area contributed by atoms with E-state index in [0.29, 0.717) is 29.9 Å².